The average molecular weight is 571 g/mol. The van der Waals surface area contributed by atoms with Crippen molar-refractivity contribution in [3.05, 3.63) is 153 Å². The molecule has 216 valence electrons. The molecule has 0 saturated heterocycles. The summed E-state index contributed by atoms with van der Waals surface area (Å²) in [7, 11) is 0. The molecule has 5 aliphatic rings. The minimum atomic E-state index is -0.420. The third-order valence-electron chi connectivity index (χ3n) is 10.6. The summed E-state index contributed by atoms with van der Waals surface area (Å²) in [5.74, 6) is 0.463. The quantitative estimate of drug-likeness (QED) is 0.308. The highest BCUT2D eigenvalue weighted by molar-refractivity contribution is 5.96. The normalized spacial score (nSPS) is 27.1. The highest BCUT2D eigenvalue weighted by Gasteiger charge is 2.51. The number of aryl methyl sites for hydroxylation is 1. The molecule has 0 spiro atoms. The van der Waals surface area contributed by atoms with Crippen LogP contribution in [0.5, 0.6) is 0 Å². The van der Waals surface area contributed by atoms with Crippen molar-refractivity contribution < 1.29 is 0 Å². The number of rotatable bonds is 3. The summed E-state index contributed by atoms with van der Waals surface area (Å²) in [6.07, 6.45) is 27.4. The fraction of sp³-hybridized carbons (Fsp3) is 0.262. The number of hydrogen-bond donors (Lipinski definition) is 0. The molecule has 3 aromatic rings. The minimum Gasteiger partial charge on any atom is -0.316 e. The van der Waals surface area contributed by atoms with E-state index in [4.69, 9.17) is 0 Å². The molecule has 5 aliphatic carbocycles. The topological polar surface area (TPSA) is 28.7 Å². The number of allylic oxidation sites excluding steroid dienone is 15. The third kappa shape index (κ3) is 3.78. The first kappa shape index (κ1) is 27.0. The van der Waals surface area contributed by atoms with Crippen LogP contribution in [0.25, 0.3) is 22.7 Å². The molecule has 44 heavy (non-hydrogen) atoms. The Morgan fingerprint density at radius 2 is 1.80 bits per heavy atom. The molecule has 2 nitrogen and oxygen atoms in total. The van der Waals surface area contributed by atoms with E-state index >= 15 is 0 Å². The van der Waals surface area contributed by atoms with Crippen LogP contribution in [-0.4, -0.2) is 4.57 Å². The second-order valence-corrected chi connectivity index (χ2v) is 13.2. The van der Waals surface area contributed by atoms with Crippen LogP contribution < -0.4 is 0 Å². The molecular weight excluding hydrogens is 532 g/mol. The van der Waals surface area contributed by atoms with Gasteiger partial charge in [-0.05, 0) is 83.8 Å². The van der Waals surface area contributed by atoms with Gasteiger partial charge in [-0.1, -0.05) is 110 Å². The van der Waals surface area contributed by atoms with Gasteiger partial charge in [0.1, 0.15) is 0 Å². The van der Waals surface area contributed by atoms with E-state index in [-0.39, 0.29) is 11.8 Å². The van der Waals surface area contributed by atoms with Gasteiger partial charge in [-0.25, -0.2) is 0 Å². The third-order valence-corrected chi connectivity index (χ3v) is 10.6. The lowest BCUT2D eigenvalue weighted by Gasteiger charge is -2.39. The second-order valence-electron chi connectivity index (χ2n) is 13.2. The Hall–Kier alpha value is -4.61. The molecule has 0 saturated carbocycles. The molecule has 0 aliphatic heterocycles. The molecule has 8 rings (SSSR count). The van der Waals surface area contributed by atoms with E-state index in [1.54, 1.807) is 0 Å². The monoisotopic (exact) mass is 570 g/mol. The lowest BCUT2D eigenvalue weighted by atomic mass is 9.62. The molecule has 3 unspecified atom stereocenters. The van der Waals surface area contributed by atoms with Crippen LogP contribution in [0.1, 0.15) is 55.5 Å². The average Bonchev–Trinajstić information content (AvgIpc) is 3.41. The van der Waals surface area contributed by atoms with Crippen LogP contribution in [0.15, 0.2) is 131 Å². The van der Waals surface area contributed by atoms with Crippen LogP contribution in [0.4, 0.5) is 0 Å². The maximum atomic E-state index is 10.1. The largest absolute Gasteiger partial charge is 0.316 e. The van der Waals surface area contributed by atoms with E-state index in [1.165, 1.54) is 66.8 Å². The molecule has 0 N–H and O–H groups in total. The number of aromatic nitrogens is 1. The van der Waals surface area contributed by atoms with Crippen LogP contribution in [0, 0.1) is 36.0 Å². The summed E-state index contributed by atoms with van der Waals surface area (Å²) in [6.45, 7) is 6.77. The van der Waals surface area contributed by atoms with E-state index in [9.17, 15) is 5.26 Å². The van der Waals surface area contributed by atoms with Gasteiger partial charge in [0, 0.05) is 34.7 Å². The van der Waals surface area contributed by atoms with Crippen molar-refractivity contribution in [3.8, 4) is 6.07 Å². The van der Waals surface area contributed by atoms with E-state index in [1.807, 2.05) is 0 Å². The maximum Gasteiger partial charge on any atom is 0.0712 e. The van der Waals surface area contributed by atoms with Crippen molar-refractivity contribution in [2.24, 2.45) is 17.8 Å². The second kappa shape index (κ2) is 10.2. The molecule has 1 heterocycles. The van der Waals surface area contributed by atoms with Gasteiger partial charge in [0.15, 0.2) is 0 Å². The number of nitrogens with zero attached hydrogens (tertiary/aromatic N) is 2. The number of hydrogen-bond acceptors (Lipinski definition) is 1. The number of fused-ring (bicyclic) bond motifs is 4. The highest BCUT2D eigenvalue weighted by Crippen LogP contribution is 2.61. The Kier molecular flexibility index (Phi) is 6.28. The molecule has 0 fully saturated rings. The number of benzene rings is 2. The van der Waals surface area contributed by atoms with Gasteiger partial charge in [0.2, 0.25) is 0 Å². The minimum absolute atomic E-state index is 0.120. The molecule has 0 amide bonds. The molecule has 1 aromatic heterocycles. The summed E-state index contributed by atoms with van der Waals surface area (Å²) in [5.41, 5.74) is 14.4. The van der Waals surface area contributed by atoms with Crippen molar-refractivity contribution in [2.45, 2.75) is 51.9 Å². The first-order valence-corrected chi connectivity index (χ1v) is 16.2. The van der Waals surface area contributed by atoms with Crippen molar-refractivity contribution in [3.63, 3.8) is 0 Å². The maximum absolute atomic E-state index is 10.1. The van der Waals surface area contributed by atoms with E-state index in [2.05, 4.69) is 141 Å². The summed E-state index contributed by atoms with van der Waals surface area (Å²) in [5, 5.41) is 11.4. The van der Waals surface area contributed by atoms with Crippen LogP contribution >= 0.6 is 0 Å². The number of nitriles is 1. The molecule has 2 heteroatoms. The van der Waals surface area contributed by atoms with Gasteiger partial charge in [-0.3, -0.25) is 0 Å². The molecule has 4 atom stereocenters. The van der Waals surface area contributed by atoms with Crippen molar-refractivity contribution in [1.29, 1.82) is 5.26 Å². The predicted octanol–water partition coefficient (Wildman–Crippen LogP) is 10.1. The Morgan fingerprint density at radius 1 is 0.955 bits per heavy atom. The first-order valence-electron chi connectivity index (χ1n) is 16.2. The van der Waals surface area contributed by atoms with E-state index in [0.717, 1.165) is 25.7 Å². The van der Waals surface area contributed by atoms with Crippen LogP contribution in [0.3, 0.4) is 0 Å². The van der Waals surface area contributed by atoms with E-state index in [0.29, 0.717) is 5.92 Å². The van der Waals surface area contributed by atoms with Gasteiger partial charge < -0.3 is 4.57 Å². The summed E-state index contributed by atoms with van der Waals surface area (Å²) in [6, 6.07) is 20.8. The lowest BCUT2D eigenvalue weighted by molar-refractivity contribution is 0.575. The number of para-hydroxylation sites is 1. The Balaban J connectivity index is 1.46. The zero-order chi connectivity index (χ0) is 30.0. The lowest BCUT2D eigenvalue weighted by Crippen LogP contribution is -2.33. The zero-order valence-corrected chi connectivity index (χ0v) is 25.8. The van der Waals surface area contributed by atoms with E-state index < -0.39 is 5.41 Å². The van der Waals surface area contributed by atoms with Gasteiger partial charge in [-0.15, -0.1) is 0 Å². The van der Waals surface area contributed by atoms with Crippen molar-refractivity contribution in [2.75, 3.05) is 0 Å². The first-order chi connectivity index (χ1) is 21.5. The van der Waals surface area contributed by atoms with Crippen LogP contribution in [0.2, 0.25) is 0 Å². The summed E-state index contributed by atoms with van der Waals surface area (Å²) >= 11 is 0. The van der Waals surface area contributed by atoms with Gasteiger partial charge in [0.05, 0.1) is 22.9 Å². The smallest absolute Gasteiger partial charge is 0.0712 e. The molecule has 0 bridgehead atoms. The van der Waals surface area contributed by atoms with Crippen LogP contribution in [-0.2, 0) is 11.8 Å². The molecule has 2 aromatic carbocycles. The SMILES string of the molecule is Cc1ccc(C2(C3=Cc4c(n(C5=CC=CCC5)c5ccccc45)CC=C3)C3=C(C4=C2CC(C)C=C4)[C@@H](C)C(C#N)C=C3)cc1. The Labute approximate surface area is 261 Å². The highest BCUT2D eigenvalue weighted by atomic mass is 15.0. The Bertz CT molecular complexity index is 2000. The van der Waals surface area contributed by atoms with Gasteiger partial charge in [0.25, 0.3) is 0 Å². The van der Waals surface area contributed by atoms with Gasteiger partial charge >= 0.3 is 0 Å². The summed E-state index contributed by atoms with van der Waals surface area (Å²) in [4.78, 5) is 0. The standard InChI is InChI=1S/C42H38N2/c1-27-16-20-31(21-17-27)42(37-23-19-30(26-43)29(3)41(37)35-22-18-28(2)24-38(35)42)32-10-9-15-40-36(25-32)34-13-7-8-14-39(34)44(40)33-11-5-4-6-12-33/h4-5,7-11,13-14,16-23,25,28-30H,6,12,15,24H2,1-3H3/t28?,29-,30?,42?/m0/s1. The fourth-order valence-electron chi connectivity index (χ4n) is 8.53. The van der Waals surface area contributed by atoms with Crippen molar-refractivity contribution >= 4 is 22.7 Å². The predicted molar refractivity (Wildman–Crippen MR) is 183 cm³/mol. The molecule has 0 radical (unpaired) electrons. The molecular formula is C42H38N2. The Morgan fingerprint density at radius 3 is 2.59 bits per heavy atom. The zero-order valence-electron chi connectivity index (χ0n) is 25.8. The fourth-order valence-corrected chi connectivity index (χ4v) is 8.53. The van der Waals surface area contributed by atoms with Crippen molar-refractivity contribution in [1.82, 2.24) is 4.57 Å². The summed E-state index contributed by atoms with van der Waals surface area (Å²) < 4.78 is 2.53. The van der Waals surface area contributed by atoms with Gasteiger partial charge in [-0.2, -0.15) is 5.26 Å².